The van der Waals surface area contributed by atoms with Crippen molar-refractivity contribution in [2.75, 3.05) is 52.5 Å². The molecule has 1 heterocycles. The van der Waals surface area contributed by atoms with Crippen molar-refractivity contribution in [2.24, 2.45) is 4.99 Å². The van der Waals surface area contributed by atoms with Gasteiger partial charge in [0.25, 0.3) is 0 Å². The van der Waals surface area contributed by atoms with Gasteiger partial charge in [-0.05, 0) is 37.5 Å². The lowest BCUT2D eigenvalue weighted by Crippen LogP contribution is -2.39. The van der Waals surface area contributed by atoms with Gasteiger partial charge in [-0.15, -0.1) is 24.0 Å². The Hall–Kier alpha value is -0.930. The van der Waals surface area contributed by atoms with Gasteiger partial charge in [0, 0.05) is 39.3 Å². The summed E-state index contributed by atoms with van der Waals surface area (Å²) in [6.07, 6.45) is 1.82. The number of guanidine groups is 1. The van der Waals surface area contributed by atoms with E-state index in [0.29, 0.717) is 0 Å². The monoisotopic (exact) mass is 464 g/mol. The van der Waals surface area contributed by atoms with E-state index in [9.17, 15) is 4.39 Å². The maximum atomic E-state index is 13.2. The first-order chi connectivity index (χ1) is 11.8. The zero-order valence-electron chi connectivity index (χ0n) is 15.0. The van der Waals surface area contributed by atoms with Gasteiger partial charge in [-0.25, -0.2) is 4.39 Å². The molecular formula is C18H30FIN4O. The van der Waals surface area contributed by atoms with E-state index in [1.165, 1.54) is 6.07 Å². The van der Waals surface area contributed by atoms with Crippen LogP contribution in [-0.4, -0.2) is 63.3 Å². The lowest BCUT2D eigenvalue weighted by molar-refractivity contribution is 0.0377. The molecule has 1 fully saturated rings. The van der Waals surface area contributed by atoms with Gasteiger partial charge in [-0.3, -0.25) is 9.89 Å². The van der Waals surface area contributed by atoms with Crippen molar-refractivity contribution >= 4 is 29.9 Å². The number of nitrogens with zero attached hydrogens (tertiary/aromatic N) is 2. The summed E-state index contributed by atoms with van der Waals surface area (Å²) in [5.41, 5.74) is 0.991. The Morgan fingerprint density at radius 2 is 2.08 bits per heavy atom. The highest BCUT2D eigenvalue weighted by molar-refractivity contribution is 14.0. The maximum Gasteiger partial charge on any atom is 0.191 e. The van der Waals surface area contributed by atoms with Crippen molar-refractivity contribution in [3.05, 3.63) is 35.6 Å². The topological polar surface area (TPSA) is 48.9 Å². The quantitative estimate of drug-likeness (QED) is 0.268. The number of ether oxygens (including phenoxy) is 1. The van der Waals surface area contributed by atoms with Crippen LogP contribution >= 0.6 is 24.0 Å². The summed E-state index contributed by atoms with van der Waals surface area (Å²) in [4.78, 5) is 7.03. The standard InChI is InChI=1S/C18H29FN4O.HI/c1-2-20-18(21-8-4-10-23-11-13-24-14-12-23)22-9-7-16-5-3-6-17(19)15-16;/h3,5-6,15H,2,4,7-14H2,1H3,(H2,20,21,22);1H. The summed E-state index contributed by atoms with van der Waals surface area (Å²) in [5, 5.41) is 6.56. The van der Waals surface area contributed by atoms with Crippen LogP contribution in [0.4, 0.5) is 4.39 Å². The predicted octanol–water partition coefficient (Wildman–Crippen LogP) is 2.26. The zero-order chi connectivity index (χ0) is 17.0. The third-order valence-corrected chi connectivity index (χ3v) is 3.95. The largest absolute Gasteiger partial charge is 0.379 e. The van der Waals surface area contributed by atoms with Gasteiger partial charge in [0.15, 0.2) is 5.96 Å². The molecule has 0 aromatic heterocycles. The highest BCUT2D eigenvalue weighted by Crippen LogP contribution is 2.03. The first kappa shape index (κ1) is 22.1. The van der Waals surface area contributed by atoms with E-state index in [4.69, 9.17) is 4.74 Å². The molecule has 0 radical (unpaired) electrons. The molecule has 2 N–H and O–H groups in total. The molecule has 142 valence electrons. The van der Waals surface area contributed by atoms with E-state index < -0.39 is 0 Å². The van der Waals surface area contributed by atoms with Gasteiger partial charge in [0.2, 0.25) is 0 Å². The van der Waals surface area contributed by atoms with Crippen LogP contribution in [0.15, 0.2) is 29.3 Å². The minimum absolute atomic E-state index is 0. The van der Waals surface area contributed by atoms with Gasteiger partial charge in [0.1, 0.15) is 5.82 Å². The Kier molecular flexibility index (Phi) is 11.8. The molecule has 2 rings (SSSR count). The number of nitrogens with one attached hydrogen (secondary N) is 2. The molecule has 1 aromatic rings. The fourth-order valence-corrected chi connectivity index (χ4v) is 2.67. The lowest BCUT2D eigenvalue weighted by Gasteiger charge is -2.26. The van der Waals surface area contributed by atoms with Crippen LogP contribution in [0.1, 0.15) is 18.9 Å². The summed E-state index contributed by atoms with van der Waals surface area (Å²) in [6, 6.07) is 6.73. The van der Waals surface area contributed by atoms with Crippen LogP contribution in [-0.2, 0) is 11.2 Å². The minimum Gasteiger partial charge on any atom is -0.379 e. The Labute approximate surface area is 167 Å². The molecule has 0 bridgehead atoms. The molecule has 0 spiro atoms. The molecule has 0 aliphatic carbocycles. The summed E-state index contributed by atoms with van der Waals surface area (Å²) in [6.45, 7) is 9.21. The Bertz CT molecular complexity index is 510. The number of rotatable bonds is 8. The van der Waals surface area contributed by atoms with Crippen molar-refractivity contribution in [2.45, 2.75) is 19.8 Å². The molecule has 7 heteroatoms. The smallest absolute Gasteiger partial charge is 0.191 e. The Morgan fingerprint density at radius 3 is 2.80 bits per heavy atom. The molecule has 1 aliphatic heterocycles. The summed E-state index contributed by atoms with van der Waals surface area (Å²) >= 11 is 0. The third-order valence-electron chi connectivity index (χ3n) is 3.95. The van der Waals surface area contributed by atoms with Crippen LogP contribution in [0, 0.1) is 5.82 Å². The third kappa shape index (κ3) is 9.37. The molecule has 0 amide bonds. The van der Waals surface area contributed by atoms with Gasteiger partial charge in [0.05, 0.1) is 13.2 Å². The predicted molar refractivity (Wildman–Crippen MR) is 111 cm³/mol. The van der Waals surface area contributed by atoms with Crippen molar-refractivity contribution in [3.8, 4) is 0 Å². The van der Waals surface area contributed by atoms with E-state index in [1.807, 2.05) is 6.07 Å². The van der Waals surface area contributed by atoms with Gasteiger partial charge in [-0.1, -0.05) is 12.1 Å². The Morgan fingerprint density at radius 1 is 1.28 bits per heavy atom. The number of benzene rings is 1. The van der Waals surface area contributed by atoms with Gasteiger partial charge in [-0.2, -0.15) is 0 Å². The summed E-state index contributed by atoms with van der Waals surface area (Å²) in [5.74, 6) is 0.645. The van der Waals surface area contributed by atoms with E-state index in [1.54, 1.807) is 12.1 Å². The van der Waals surface area contributed by atoms with Crippen molar-refractivity contribution in [3.63, 3.8) is 0 Å². The van der Waals surface area contributed by atoms with Crippen LogP contribution in [0.25, 0.3) is 0 Å². The molecule has 0 unspecified atom stereocenters. The second-order valence-corrected chi connectivity index (χ2v) is 5.87. The number of hydrogen-bond acceptors (Lipinski definition) is 3. The highest BCUT2D eigenvalue weighted by Gasteiger charge is 2.09. The average Bonchev–Trinajstić information content (AvgIpc) is 2.59. The van der Waals surface area contributed by atoms with Gasteiger partial charge >= 0.3 is 0 Å². The van der Waals surface area contributed by atoms with E-state index in [0.717, 1.165) is 76.8 Å². The molecule has 5 nitrogen and oxygen atoms in total. The zero-order valence-corrected chi connectivity index (χ0v) is 17.3. The lowest BCUT2D eigenvalue weighted by atomic mass is 10.1. The van der Waals surface area contributed by atoms with Gasteiger partial charge < -0.3 is 15.4 Å². The first-order valence-electron chi connectivity index (χ1n) is 8.84. The molecule has 1 saturated heterocycles. The molecule has 1 aromatic carbocycles. The number of halogens is 2. The first-order valence-corrected chi connectivity index (χ1v) is 8.84. The summed E-state index contributed by atoms with van der Waals surface area (Å²) in [7, 11) is 0. The fraction of sp³-hybridized carbons (Fsp3) is 0.611. The van der Waals surface area contributed by atoms with Crippen molar-refractivity contribution in [1.82, 2.24) is 15.5 Å². The van der Waals surface area contributed by atoms with Crippen LogP contribution in [0.2, 0.25) is 0 Å². The van der Waals surface area contributed by atoms with E-state index in [-0.39, 0.29) is 29.8 Å². The molecule has 1 aliphatic rings. The second kappa shape index (κ2) is 13.3. The molecule has 0 atom stereocenters. The molecular weight excluding hydrogens is 434 g/mol. The SMILES string of the molecule is CCNC(=NCCCN1CCOCC1)NCCc1cccc(F)c1.I. The number of aliphatic imine (C=N–C) groups is 1. The number of hydrogen-bond donors (Lipinski definition) is 2. The fourth-order valence-electron chi connectivity index (χ4n) is 2.67. The number of morpholine rings is 1. The molecule has 25 heavy (non-hydrogen) atoms. The maximum absolute atomic E-state index is 13.2. The normalized spacial score (nSPS) is 15.5. The van der Waals surface area contributed by atoms with Crippen LogP contribution in [0.5, 0.6) is 0 Å². The Balaban J connectivity index is 0.00000312. The summed E-state index contributed by atoms with van der Waals surface area (Å²) < 4.78 is 18.5. The molecule has 0 saturated carbocycles. The highest BCUT2D eigenvalue weighted by atomic mass is 127. The second-order valence-electron chi connectivity index (χ2n) is 5.87. The van der Waals surface area contributed by atoms with Crippen LogP contribution < -0.4 is 10.6 Å². The van der Waals surface area contributed by atoms with Crippen molar-refractivity contribution in [1.29, 1.82) is 0 Å². The minimum atomic E-state index is -0.184. The van der Waals surface area contributed by atoms with E-state index in [2.05, 4.69) is 27.4 Å². The van der Waals surface area contributed by atoms with E-state index >= 15 is 0 Å². The van der Waals surface area contributed by atoms with Crippen molar-refractivity contribution < 1.29 is 9.13 Å². The van der Waals surface area contributed by atoms with Crippen LogP contribution in [0.3, 0.4) is 0 Å². The average molecular weight is 464 g/mol.